The van der Waals surface area contributed by atoms with Crippen molar-refractivity contribution in [1.29, 1.82) is 0 Å². The van der Waals surface area contributed by atoms with Crippen LogP contribution < -0.4 is 15.3 Å². The van der Waals surface area contributed by atoms with Crippen LogP contribution in [-0.2, 0) is 11.2 Å². The summed E-state index contributed by atoms with van der Waals surface area (Å²) in [5, 5.41) is 0.0505. The van der Waals surface area contributed by atoms with Gasteiger partial charge in [0, 0.05) is 50.4 Å². The highest BCUT2D eigenvalue weighted by Gasteiger charge is 2.36. The van der Waals surface area contributed by atoms with Gasteiger partial charge in [0.05, 0.1) is 22.3 Å². The largest absolute Gasteiger partial charge is 0.486 e. The van der Waals surface area contributed by atoms with Gasteiger partial charge in [-0.05, 0) is 70.1 Å². The van der Waals surface area contributed by atoms with E-state index in [9.17, 15) is 14.0 Å². The molecule has 2 atom stereocenters. The van der Waals surface area contributed by atoms with Crippen molar-refractivity contribution in [3.05, 3.63) is 81.8 Å². The Morgan fingerprint density at radius 2 is 1.83 bits per heavy atom. The lowest BCUT2D eigenvalue weighted by atomic mass is 9.99. The number of hydrogen-bond donors (Lipinski definition) is 0. The van der Waals surface area contributed by atoms with Crippen LogP contribution >= 0.6 is 0 Å². The molecule has 52 heavy (non-hydrogen) atoms. The van der Waals surface area contributed by atoms with E-state index in [0.29, 0.717) is 23.9 Å². The van der Waals surface area contributed by atoms with Crippen molar-refractivity contribution >= 4 is 22.8 Å². The number of halogens is 5. The molecule has 10 nitrogen and oxygen atoms in total. The fourth-order valence-corrected chi connectivity index (χ4v) is 6.73. The number of piperazine rings is 1. The molecule has 1 aromatic carbocycles. The number of likely N-dealkylation sites (N-methyl/N-ethyl adjacent to an activating group) is 1. The van der Waals surface area contributed by atoms with E-state index in [1.807, 2.05) is 46.7 Å². The zero-order valence-corrected chi connectivity index (χ0v) is 29.8. The average Bonchev–Trinajstić information content (AvgIpc) is 3.08. The zero-order chi connectivity index (χ0) is 37.6. The van der Waals surface area contributed by atoms with E-state index >= 15 is 17.6 Å². The Labute approximate surface area is 297 Å². The third-order valence-electron chi connectivity index (χ3n) is 9.37. The Morgan fingerprint density at radius 3 is 2.54 bits per heavy atom. The molecule has 1 saturated heterocycles. The van der Waals surface area contributed by atoms with E-state index in [4.69, 9.17) is 4.74 Å². The molecule has 3 aromatic heterocycles. The van der Waals surface area contributed by atoms with Crippen molar-refractivity contribution in [3.63, 3.8) is 0 Å². The number of nitrogens with zero attached hydrogens (tertiary/aromatic N) is 7. The normalized spacial score (nSPS) is 19.0. The number of benzene rings is 1. The van der Waals surface area contributed by atoms with Gasteiger partial charge in [0.25, 0.3) is 5.92 Å². The predicted octanol–water partition coefficient (Wildman–Crippen LogP) is 5.89. The van der Waals surface area contributed by atoms with Gasteiger partial charge in [-0.25, -0.2) is 36.3 Å². The Bertz CT molecular complexity index is 2120. The lowest BCUT2D eigenvalue weighted by molar-refractivity contribution is -0.128. The van der Waals surface area contributed by atoms with Gasteiger partial charge in [0.1, 0.15) is 17.3 Å². The summed E-state index contributed by atoms with van der Waals surface area (Å²) in [6, 6.07) is 3.42. The Hall–Kier alpha value is -4.92. The predicted molar refractivity (Wildman–Crippen MR) is 187 cm³/mol. The van der Waals surface area contributed by atoms with E-state index < -0.39 is 65.1 Å². The molecule has 1 fully saturated rings. The molecule has 0 spiro atoms. The quantitative estimate of drug-likeness (QED) is 0.186. The number of alkyl halides is 2. The summed E-state index contributed by atoms with van der Waals surface area (Å²) in [6.07, 6.45) is 3.79. The Balaban J connectivity index is 1.62. The zero-order valence-electron chi connectivity index (χ0n) is 29.8. The monoisotopic (exact) mass is 725 g/mol. The molecular formula is C37H40F5N7O3. The minimum Gasteiger partial charge on any atom is -0.486 e. The van der Waals surface area contributed by atoms with Gasteiger partial charge >= 0.3 is 5.69 Å². The van der Waals surface area contributed by atoms with Gasteiger partial charge in [0.2, 0.25) is 5.91 Å². The number of anilines is 1. The molecule has 0 N–H and O–H groups in total. The van der Waals surface area contributed by atoms with Crippen molar-refractivity contribution in [2.75, 3.05) is 45.2 Å². The summed E-state index contributed by atoms with van der Waals surface area (Å²) in [6.45, 7) is 7.14. The highest BCUT2D eigenvalue weighted by atomic mass is 19.3. The van der Waals surface area contributed by atoms with Crippen molar-refractivity contribution in [1.82, 2.24) is 29.3 Å². The maximum atomic E-state index is 16.4. The average molecular weight is 726 g/mol. The van der Waals surface area contributed by atoms with Crippen LogP contribution in [0.3, 0.4) is 0 Å². The molecule has 4 aromatic rings. The molecule has 0 aliphatic carbocycles. The summed E-state index contributed by atoms with van der Waals surface area (Å²) >= 11 is 0. The van der Waals surface area contributed by atoms with Crippen LogP contribution in [0.15, 0.2) is 47.4 Å². The smallest absolute Gasteiger partial charge is 0.355 e. The first-order valence-corrected chi connectivity index (χ1v) is 17.1. The number of carbonyl (C=O) groups excluding carboxylic acids is 1. The van der Waals surface area contributed by atoms with Gasteiger partial charge < -0.3 is 19.4 Å². The first-order chi connectivity index (χ1) is 24.6. The third kappa shape index (κ3) is 6.97. The topological polar surface area (TPSA) is 96.7 Å². The van der Waals surface area contributed by atoms with Crippen LogP contribution in [0.25, 0.3) is 28.0 Å². The molecule has 0 saturated carbocycles. The minimum atomic E-state index is -3.46. The lowest BCUT2D eigenvalue weighted by Gasteiger charge is -2.44. The van der Waals surface area contributed by atoms with E-state index in [1.165, 1.54) is 18.3 Å². The fraction of sp³-hybridized carbons (Fsp3) is 0.432. The summed E-state index contributed by atoms with van der Waals surface area (Å²) in [7, 11) is 3.78. The second kappa shape index (κ2) is 14.2. The van der Waals surface area contributed by atoms with Gasteiger partial charge in [0.15, 0.2) is 29.7 Å². The maximum absolute atomic E-state index is 16.4. The van der Waals surface area contributed by atoms with Crippen LogP contribution in [0.5, 0.6) is 5.75 Å². The molecular weight excluding hydrogens is 685 g/mol. The molecule has 276 valence electrons. The van der Waals surface area contributed by atoms with Crippen molar-refractivity contribution in [2.45, 2.75) is 64.5 Å². The van der Waals surface area contributed by atoms with E-state index in [0.717, 1.165) is 16.7 Å². The number of ether oxygens (including phenoxy) is 1. The third-order valence-corrected chi connectivity index (χ3v) is 9.37. The van der Waals surface area contributed by atoms with Crippen LogP contribution in [0.4, 0.5) is 27.8 Å². The minimum absolute atomic E-state index is 0.0505. The number of fused-ring (bicyclic) bond motifs is 5. The van der Waals surface area contributed by atoms with Crippen LogP contribution in [0.1, 0.15) is 51.3 Å². The van der Waals surface area contributed by atoms with Crippen LogP contribution in [0, 0.1) is 17.5 Å². The first-order valence-electron chi connectivity index (χ1n) is 17.1. The van der Waals surface area contributed by atoms with Crippen molar-refractivity contribution < 1.29 is 31.5 Å². The number of hydrogen-bond acceptors (Lipinski definition) is 8. The van der Waals surface area contributed by atoms with Gasteiger partial charge in [-0.1, -0.05) is 19.9 Å². The number of aryl methyl sites for hydroxylation is 1. The highest BCUT2D eigenvalue weighted by Crippen LogP contribution is 2.40. The number of carbonyl (C=O) groups is 1. The van der Waals surface area contributed by atoms with Crippen LogP contribution in [0.2, 0.25) is 0 Å². The van der Waals surface area contributed by atoms with E-state index in [-0.39, 0.29) is 59.9 Å². The van der Waals surface area contributed by atoms with Crippen molar-refractivity contribution in [2.24, 2.45) is 0 Å². The van der Waals surface area contributed by atoms with Crippen LogP contribution in [-0.4, -0.2) is 93.6 Å². The second-order valence-electron chi connectivity index (χ2n) is 14.0. The molecule has 1 amide bonds. The molecule has 0 unspecified atom stereocenters. The van der Waals surface area contributed by atoms with Crippen molar-refractivity contribution in [3.8, 4) is 22.7 Å². The lowest BCUT2D eigenvalue weighted by Crippen LogP contribution is -2.58. The molecule has 2 aliphatic heterocycles. The summed E-state index contributed by atoms with van der Waals surface area (Å²) < 4.78 is 83.8. The molecule has 6 rings (SSSR count). The fourth-order valence-electron chi connectivity index (χ4n) is 6.73. The molecule has 2 aliphatic rings. The Morgan fingerprint density at radius 1 is 1.08 bits per heavy atom. The number of pyridine rings is 2. The first kappa shape index (κ1) is 36.9. The van der Waals surface area contributed by atoms with Gasteiger partial charge in [-0.3, -0.25) is 9.78 Å². The summed E-state index contributed by atoms with van der Waals surface area (Å²) in [5.74, 6) is -8.51. The maximum Gasteiger partial charge on any atom is 0.355 e. The molecule has 2 bridgehead atoms. The standard InChI is InChI=1S/C37H40F5N7O3/c1-20(2)31-33-23(12-14-43-31)11-13-37(41,42)19-52-27-10-9-25(38)30(40)29(27)32-26(39)16-24-34(45-36(51)49(33)35(24)44-32)48-18-21(3)47(17-22(48)4)28(50)8-7-15-46(5)6/h7-10,12,14,16,20-22H,11,13,15,17-19H2,1-6H3/b8-7+/t21-,22+/m1/s1. The number of aromatic nitrogens is 4. The summed E-state index contributed by atoms with van der Waals surface area (Å²) in [4.78, 5) is 46.3. The number of rotatable bonds is 5. The summed E-state index contributed by atoms with van der Waals surface area (Å²) in [5.41, 5.74) is -1.75. The van der Waals surface area contributed by atoms with E-state index in [1.54, 1.807) is 15.9 Å². The highest BCUT2D eigenvalue weighted by molar-refractivity contribution is 5.92. The van der Waals surface area contributed by atoms with Gasteiger partial charge in [-0.2, -0.15) is 4.98 Å². The Kier molecular flexibility index (Phi) is 10.1. The van der Waals surface area contributed by atoms with Gasteiger partial charge in [-0.15, -0.1) is 0 Å². The SMILES string of the molecule is CC(C)c1nccc2c1-n1c(=O)nc(N3C[C@@H](C)N(C(=O)/C=C/CN(C)C)C[C@@H]3C)c3cc(F)c(nc31)-c1c(ccc(F)c1F)OCC(F)(F)CC2. The molecule has 5 heterocycles. The number of amides is 1. The second-order valence-corrected chi connectivity index (χ2v) is 14.0. The van der Waals surface area contributed by atoms with E-state index in [2.05, 4.69) is 15.0 Å². The molecule has 0 radical (unpaired) electrons. The molecule has 15 heteroatoms.